The van der Waals surface area contributed by atoms with Gasteiger partial charge in [0.25, 0.3) is 0 Å². The number of rotatable bonds is 6. The predicted molar refractivity (Wildman–Crippen MR) is 113 cm³/mol. The molecular weight excluding hydrogens is 426 g/mol. The van der Waals surface area contributed by atoms with E-state index in [1.165, 1.54) is 12.1 Å². The molecule has 10 heteroatoms. The molecule has 1 heterocycles. The molecule has 0 radical (unpaired) electrons. The molecule has 0 spiro atoms. The third-order valence-corrected chi connectivity index (χ3v) is 6.42. The number of nitriles is 1. The fourth-order valence-electron chi connectivity index (χ4n) is 3.37. The van der Waals surface area contributed by atoms with Crippen LogP contribution in [0.1, 0.15) is 12.0 Å². The number of nitrogens with zero attached hydrogens (tertiary/aromatic N) is 3. The predicted octanol–water partition coefficient (Wildman–Crippen LogP) is 2.71. The van der Waals surface area contributed by atoms with E-state index in [0.29, 0.717) is 17.8 Å². The molecule has 2 aromatic rings. The highest BCUT2D eigenvalue weighted by Crippen LogP contribution is 2.21. The van der Waals surface area contributed by atoms with Crippen molar-refractivity contribution in [2.75, 3.05) is 42.9 Å². The molecule has 0 aliphatic carbocycles. The number of alkyl halides is 2. The quantitative estimate of drug-likeness (QED) is 0.731. The Hall–Kier alpha value is -3.03. The van der Waals surface area contributed by atoms with Crippen LogP contribution in [0.5, 0.6) is 0 Å². The molecule has 3 rings (SSSR count). The molecule has 1 saturated heterocycles. The average Bonchev–Trinajstić information content (AvgIpc) is 2.99. The summed E-state index contributed by atoms with van der Waals surface area (Å²) in [6.07, 6.45) is 0.869. The van der Waals surface area contributed by atoms with Crippen molar-refractivity contribution in [2.45, 2.75) is 17.1 Å². The molecule has 0 unspecified atom stereocenters. The zero-order valence-electron chi connectivity index (χ0n) is 16.7. The highest BCUT2D eigenvalue weighted by atomic mass is 32.2. The number of sulfone groups is 1. The van der Waals surface area contributed by atoms with E-state index < -0.39 is 20.5 Å². The van der Waals surface area contributed by atoms with Gasteiger partial charge in [0.2, 0.25) is 15.7 Å². The Labute approximate surface area is 179 Å². The molecule has 0 atom stereocenters. The lowest BCUT2D eigenvalue weighted by Gasteiger charge is -2.23. The molecule has 1 aliphatic rings. The molecule has 0 bridgehead atoms. The van der Waals surface area contributed by atoms with Gasteiger partial charge in [0.1, 0.15) is 0 Å². The van der Waals surface area contributed by atoms with E-state index in [1.54, 1.807) is 12.1 Å². The molecule has 31 heavy (non-hydrogen) atoms. The summed E-state index contributed by atoms with van der Waals surface area (Å²) >= 11 is 0. The highest BCUT2D eigenvalue weighted by molar-refractivity contribution is 7.91. The molecule has 0 saturated carbocycles. The summed E-state index contributed by atoms with van der Waals surface area (Å²) in [6.45, 7) is 3.16. The van der Waals surface area contributed by atoms with E-state index in [0.717, 1.165) is 43.9 Å². The first-order valence-electron chi connectivity index (χ1n) is 9.69. The Bertz CT molecular complexity index is 1050. The van der Waals surface area contributed by atoms with Gasteiger partial charge < -0.3 is 10.2 Å². The van der Waals surface area contributed by atoms with Crippen LogP contribution in [-0.2, 0) is 14.6 Å². The molecule has 1 amide bonds. The van der Waals surface area contributed by atoms with E-state index in [2.05, 4.69) is 16.3 Å². The largest absolute Gasteiger partial charge is 0.370 e. The zero-order valence-corrected chi connectivity index (χ0v) is 17.5. The minimum Gasteiger partial charge on any atom is -0.370 e. The maximum atomic E-state index is 12.6. The highest BCUT2D eigenvalue weighted by Gasteiger charge is 2.26. The maximum Gasteiger partial charge on any atom is 0.341 e. The van der Waals surface area contributed by atoms with Crippen molar-refractivity contribution in [3.05, 3.63) is 54.1 Å². The van der Waals surface area contributed by atoms with Gasteiger partial charge in [-0.05, 0) is 55.0 Å². The van der Waals surface area contributed by atoms with E-state index in [9.17, 15) is 22.0 Å². The van der Waals surface area contributed by atoms with Gasteiger partial charge in [-0.2, -0.15) is 14.0 Å². The molecular formula is C21H22F2N4O3S. The van der Waals surface area contributed by atoms with Crippen molar-refractivity contribution < 1.29 is 22.0 Å². The van der Waals surface area contributed by atoms with Gasteiger partial charge in [0.05, 0.1) is 23.1 Å². The summed E-state index contributed by atoms with van der Waals surface area (Å²) in [5.74, 6) is -3.75. The van der Waals surface area contributed by atoms with Gasteiger partial charge in [0.15, 0.2) is 0 Å². The molecule has 1 aliphatic heterocycles. The number of nitrogens with one attached hydrogen (secondary N) is 1. The lowest BCUT2D eigenvalue weighted by atomic mass is 10.2. The van der Waals surface area contributed by atoms with E-state index in [1.807, 2.05) is 17.0 Å². The van der Waals surface area contributed by atoms with Crippen LogP contribution < -0.4 is 10.2 Å². The van der Waals surface area contributed by atoms with Gasteiger partial charge in [-0.25, -0.2) is 8.42 Å². The van der Waals surface area contributed by atoms with Crippen molar-refractivity contribution >= 4 is 27.1 Å². The lowest BCUT2D eigenvalue weighted by Crippen LogP contribution is -2.36. The first-order valence-corrected chi connectivity index (χ1v) is 11.2. The Morgan fingerprint density at radius 2 is 1.71 bits per heavy atom. The molecule has 7 nitrogen and oxygen atoms in total. The average molecular weight is 448 g/mol. The van der Waals surface area contributed by atoms with Gasteiger partial charge in [-0.1, -0.05) is 0 Å². The number of hydrogen-bond acceptors (Lipinski definition) is 6. The van der Waals surface area contributed by atoms with Crippen LogP contribution in [0.4, 0.5) is 20.2 Å². The van der Waals surface area contributed by atoms with Crippen LogP contribution in [0.15, 0.2) is 53.4 Å². The van der Waals surface area contributed by atoms with E-state index in [4.69, 9.17) is 5.26 Å². The number of carbonyl (C=O) groups is 1. The van der Waals surface area contributed by atoms with Crippen molar-refractivity contribution in [1.82, 2.24) is 4.90 Å². The van der Waals surface area contributed by atoms with Crippen molar-refractivity contribution in [3.8, 4) is 6.07 Å². The summed E-state index contributed by atoms with van der Waals surface area (Å²) < 4.78 is 48.1. The summed E-state index contributed by atoms with van der Waals surface area (Å²) in [6, 6.07) is 14.2. The minimum atomic E-state index is -4.66. The molecule has 0 aromatic heterocycles. The second-order valence-corrected chi connectivity index (χ2v) is 9.07. The van der Waals surface area contributed by atoms with Gasteiger partial charge in [0, 0.05) is 37.6 Å². The third kappa shape index (κ3) is 5.77. The standard InChI is InChI=1S/C21H22F2N4O3S/c22-21(23)31(29,30)19-8-4-17(5-9-19)25-20(28)15-26-10-1-11-27(13-12-26)18-6-2-16(14-24)3-7-18/h2-9,21H,1,10-13,15H2,(H,25,28). The normalized spacial score (nSPS) is 15.4. The second kappa shape index (κ2) is 9.85. The van der Waals surface area contributed by atoms with Crippen LogP contribution in [0, 0.1) is 11.3 Å². The van der Waals surface area contributed by atoms with Crippen LogP contribution in [0.3, 0.4) is 0 Å². The smallest absolute Gasteiger partial charge is 0.341 e. The van der Waals surface area contributed by atoms with Crippen LogP contribution in [0.2, 0.25) is 0 Å². The third-order valence-electron chi connectivity index (χ3n) is 5.02. The molecule has 1 N–H and O–H groups in total. The minimum absolute atomic E-state index is 0.165. The lowest BCUT2D eigenvalue weighted by molar-refractivity contribution is -0.117. The Morgan fingerprint density at radius 1 is 1.03 bits per heavy atom. The Kier molecular flexibility index (Phi) is 7.20. The topological polar surface area (TPSA) is 93.5 Å². The molecule has 1 fully saturated rings. The van der Waals surface area contributed by atoms with Crippen molar-refractivity contribution in [3.63, 3.8) is 0 Å². The van der Waals surface area contributed by atoms with Crippen LogP contribution in [-0.4, -0.2) is 57.7 Å². The first-order chi connectivity index (χ1) is 14.8. The maximum absolute atomic E-state index is 12.6. The van der Waals surface area contributed by atoms with Gasteiger partial charge in [-0.15, -0.1) is 0 Å². The van der Waals surface area contributed by atoms with Crippen LogP contribution >= 0.6 is 0 Å². The summed E-state index contributed by atoms with van der Waals surface area (Å²) in [5, 5.41) is 11.6. The molecule has 164 valence electrons. The number of amides is 1. The Morgan fingerprint density at radius 3 is 2.32 bits per heavy atom. The Balaban J connectivity index is 1.53. The monoisotopic (exact) mass is 448 g/mol. The SMILES string of the molecule is N#Cc1ccc(N2CCCN(CC(=O)Nc3ccc(S(=O)(=O)C(F)F)cc3)CC2)cc1. The zero-order chi connectivity index (χ0) is 22.4. The fraction of sp³-hybridized carbons (Fsp3) is 0.333. The van der Waals surface area contributed by atoms with Crippen molar-refractivity contribution in [1.29, 1.82) is 5.26 Å². The molecule has 2 aromatic carbocycles. The first kappa shape index (κ1) is 22.7. The van der Waals surface area contributed by atoms with E-state index in [-0.39, 0.29) is 12.5 Å². The summed E-state index contributed by atoms with van der Waals surface area (Å²) in [5.41, 5.74) is 1.98. The second-order valence-electron chi connectivity index (χ2n) is 7.15. The van der Waals surface area contributed by atoms with Crippen LogP contribution in [0.25, 0.3) is 0 Å². The van der Waals surface area contributed by atoms with Crippen molar-refractivity contribution in [2.24, 2.45) is 0 Å². The van der Waals surface area contributed by atoms with Gasteiger partial charge in [-0.3, -0.25) is 9.69 Å². The summed E-state index contributed by atoms with van der Waals surface area (Å²) in [7, 11) is -4.66. The number of benzene rings is 2. The fourth-order valence-corrected chi connectivity index (χ4v) is 4.09. The number of hydrogen-bond donors (Lipinski definition) is 1. The van der Waals surface area contributed by atoms with E-state index >= 15 is 0 Å². The number of halogens is 2. The number of carbonyl (C=O) groups excluding carboxylic acids is 1. The number of anilines is 2. The summed E-state index contributed by atoms with van der Waals surface area (Å²) in [4.78, 5) is 16.1. The van der Waals surface area contributed by atoms with Gasteiger partial charge >= 0.3 is 5.76 Å².